The van der Waals surface area contributed by atoms with E-state index in [4.69, 9.17) is 14.2 Å². The van der Waals surface area contributed by atoms with Gasteiger partial charge in [-0.25, -0.2) is 4.39 Å². The van der Waals surface area contributed by atoms with Crippen LogP contribution in [0.3, 0.4) is 0 Å². The topological polar surface area (TPSA) is 39.7 Å². The molecule has 1 aromatic rings. The van der Waals surface area contributed by atoms with Crippen molar-refractivity contribution in [2.45, 2.75) is 26.3 Å². The van der Waals surface area contributed by atoms with Crippen LogP contribution in [-0.2, 0) is 16.0 Å². The predicted octanol–water partition coefficient (Wildman–Crippen LogP) is 2.76. The second-order valence-corrected chi connectivity index (χ2v) is 4.71. The molecule has 0 fully saturated rings. The minimum absolute atomic E-state index is 0.321. The summed E-state index contributed by atoms with van der Waals surface area (Å²) in [7, 11) is 1.66. The van der Waals surface area contributed by atoms with Gasteiger partial charge in [-0.2, -0.15) is 0 Å². The van der Waals surface area contributed by atoms with Crippen molar-refractivity contribution < 1.29 is 18.6 Å². The lowest BCUT2D eigenvalue weighted by atomic mass is 10.2. The molecule has 5 heteroatoms. The number of para-hydroxylation sites is 1. The molecular weight excluding hydrogens is 273 g/mol. The Morgan fingerprint density at radius 2 is 2.00 bits per heavy atom. The zero-order chi connectivity index (χ0) is 15.3. The molecule has 0 aliphatic heterocycles. The molecule has 0 atom stereocenters. The number of ether oxygens (including phenoxy) is 3. The summed E-state index contributed by atoms with van der Waals surface area (Å²) in [5.41, 5.74) is 0.836. The van der Waals surface area contributed by atoms with Gasteiger partial charge in [0.05, 0.1) is 6.61 Å². The van der Waals surface area contributed by atoms with E-state index in [9.17, 15) is 4.39 Å². The van der Waals surface area contributed by atoms with Crippen molar-refractivity contribution in [3.05, 3.63) is 29.6 Å². The van der Waals surface area contributed by atoms with Crippen molar-refractivity contribution in [1.29, 1.82) is 0 Å². The molecule has 0 spiro atoms. The number of rotatable bonds is 12. The standard InChI is InChI=1S/C16H26FNO3/c1-3-8-18-13-14-6-4-7-15(17)16(14)21-12-11-20-10-5-9-19-2/h4,6-7,18H,3,5,8-13H2,1-2H3. The van der Waals surface area contributed by atoms with E-state index in [1.807, 2.05) is 6.07 Å². The largest absolute Gasteiger partial charge is 0.488 e. The first-order valence-corrected chi connectivity index (χ1v) is 7.47. The number of hydrogen-bond acceptors (Lipinski definition) is 4. The fourth-order valence-electron chi connectivity index (χ4n) is 1.86. The first kappa shape index (κ1) is 17.9. The average Bonchev–Trinajstić information content (AvgIpc) is 2.49. The van der Waals surface area contributed by atoms with Crippen molar-refractivity contribution in [2.24, 2.45) is 0 Å². The van der Waals surface area contributed by atoms with Gasteiger partial charge in [0.1, 0.15) is 6.61 Å². The first-order valence-electron chi connectivity index (χ1n) is 7.47. The first-order chi connectivity index (χ1) is 10.3. The van der Waals surface area contributed by atoms with Crippen molar-refractivity contribution in [2.75, 3.05) is 40.1 Å². The summed E-state index contributed by atoms with van der Waals surface area (Å²) in [6.45, 7) is 5.69. The quantitative estimate of drug-likeness (QED) is 0.602. The maximum absolute atomic E-state index is 13.8. The molecule has 1 N–H and O–H groups in total. The summed E-state index contributed by atoms with van der Waals surface area (Å²) >= 11 is 0. The third-order valence-electron chi connectivity index (χ3n) is 2.90. The lowest BCUT2D eigenvalue weighted by Gasteiger charge is -2.13. The van der Waals surface area contributed by atoms with E-state index in [-0.39, 0.29) is 5.82 Å². The van der Waals surface area contributed by atoms with Crippen LogP contribution in [0.1, 0.15) is 25.3 Å². The molecule has 0 aliphatic rings. The fourth-order valence-corrected chi connectivity index (χ4v) is 1.86. The van der Waals surface area contributed by atoms with E-state index in [0.717, 1.165) is 24.9 Å². The van der Waals surface area contributed by atoms with Crippen molar-refractivity contribution in [3.8, 4) is 5.75 Å². The Kier molecular flexibility index (Phi) is 9.78. The molecule has 21 heavy (non-hydrogen) atoms. The van der Waals surface area contributed by atoms with Crippen LogP contribution in [0.5, 0.6) is 5.75 Å². The number of methoxy groups -OCH3 is 1. The molecule has 120 valence electrons. The predicted molar refractivity (Wildman–Crippen MR) is 81.2 cm³/mol. The van der Waals surface area contributed by atoms with Gasteiger partial charge in [0.25, 0.3) is 0 Å². The highest BCUT2D eigenvalue weighted by atomic mass is 19.1. The zero-order valence-corrected chi connectivity index (χ0v) is 13.0. The van der Waals surface area contributed by atoms with Crippen LogP contribution in [-0.4, -0.2) is 40.1 Å². The summed E-state index contributed by atoms with van der Waals surface area (Å²) in [5.74, 6) is -0.00761. The lowest BCUT2D eigenvalue weighted by molar-refractivity contribution is 0.0794. The summed E-state index contributed by atoms with van der Waals surface area (Å²) in [5, 5.41) is 3.25. The molecule has 0 unspecified atom stereocenters. The van der Waals surface area contributed by atoms with Gasteiger partial charge in [-0.3, -0.25) is 0 Å². The molecule has 0 aromatic heterocycles. The van der Waals surface area contributed by atoms with Crippen LogP contribution >= 0.6 is 0 Å². The molecule has 1 aromatic carbocycles. The molecular formula is C16H26FNO3. The van der Waals surface area contributed by atoms with Gasteiger partial charge in [-0.15, -0.1) is 0 Å². The molecule has 0 heterocycles. The number of benzene rings is 1. The smallest absolute Gasteiger partial charge is 0.165 e. The van der Waals surface area contributed by atoms with Crippen molar-refractivity contribution in [3.63, 3.8) is 0 Å². The normalized spacial score (nSPS) is 10.8. The SMILES string of the molecule is CCCNCc1cccc(F)c1OCCOCCCOC. The van der Waals surface area contributed by atoms with Crippen LogP contribution in [0.25, 0.3) is 0 Å². The van der Waals surface area contributed by atoms with Crippen molar-refractivity contribution in [1.82, 2.24) is 5.32 Å². The van der Waals surface area contributed by atoms with Crippen molar-refractivity contribution >= 4 is 0 Å². The third kappa shape index (κ3) is 7.41. The van der Waals surface area contributed by atoms with E-state index < -0.39 is 0 Å². The monoisotopic (exact) mass is 299 g/mol. The molecule has 0 aliphatic carbocycles. The Balaban J connectivity index is 2.35. The van der Waals surface area contributed by atoms with Crippen LogP contribution in [0.4, 0.5) is 4.39 Å². The third-order valence-corrected chi connectivity index (χ3v) is 2.90. The average molecular weight is 299 g/mol. The molecule has 0 radical (unpaired) electrons. The maximum atomic E-state index is 13.8. The maximum Gasteiger partial charge on any atom is 0.165 e. The number of nitrogens with one attached hydrogen (secondary N) is 1. The molecule has 1 rings (SSSR count). The van der Waals surface area contributed by atoms with E-state index in [1.165, 1.54) is 6.07 Å². The van der Waals surface area contributed by atoms with E-state index >= 15 is 0 Å². The Hall–Kier alpha value is -1.17. The van der Waals surface area contributed by atoms with Gasteiger partial charge in [-0.05, 0) is 25.5 Å². The van der Waals surface area contributed by atoms with Gasteiger partial charge in [0, 0.05) is 32.4 Å². The lowest BCUT2D eigenvalue weighted by Crippen LogP contribution is -2.16. The van der Waals surface area contributed by atoms with E-state index in [0.29, 0.717) is 38.7 Å². The summed E-state index contributed by atoms with van der Waals surface area (Å²) in [6.07, 6.45) is 1.89. The van der Waals surface area contributed by atoms with E-state index in [2.05, 4.69) is 12.2 Å². The van der Waals surface area contributed by atoms with E-state index in [1.54, 1.807) is 13.2 Å². The highest BCUT2D eigenvalue weighted by Crippen LogP contribution is 2.22. The van der Waals surface area contributed by atoms with Crippen LogP contribution < -0.4 is 10.1 Å². The van der Waals surface area contributed by atoms with Crippen LogP contribution in [0.15, 0.2) is 18.2 Å². The second-order valence-electron chi connectivity index (χ2n) is 4.71. The second kappa shape index (κ2) is 11.5. The minimum Gasteiger partial charge on any atom is -0.488 e. The summed E-state index contributed by atoms with van der Waals surface area (Å²) in [4.78, 5) is 0. The molecule has 0 saturated heterocycles. The molecule has 0 bridgehead atoms. The van der Waals surface area contributed by atoms with Gasteiger partial charge >= 0.3 is 0 Å². The van der Waals surface area contributed by atoms with Gasteiger partial charge in [0.2, 0.25) is 0 Å². The zero-order valence-electron chi connectivity index (χ0n) is 13.0. The van der Waals surface area contributed by atoms with Crippen LogP contribution in [0, 0.1) is 5.82 Å². The molecule has 0 amide bonds. The van der Waals surface area contributed by atoms with Gasteiger partial charge < -0.3 is 19.5 Å². The highest BCUT2D eigenvalue weighted by Gasteiger charge is 2.09. The highest BCUT2D eigenvalue weighted by molar-refractivity contribution is 5.34. The Morgan fingerprint density at radius 3 is 2.76 bits per heavy atom. The Morgan fingerprint density at radius 1 is 1.14 bits per heavy atom. The fraction of sp³-hybridized carbons (Fsp3) is 0.625. The van der Waals surface area contributed by atoms with Gasteiger partial charge in [-0.1, -0.05) is 19.1 Å². The Labute approximate surface area is 126 Å². The van der Waals surface area contributed by atoms with Gasteiger partial charge in [0.15, 0.2) is 11.6 Å². The summed E-state index contributed by atoms with van der Waals surface area (Å²) in [6, 6.07) is 4.99. The number of hydrogen-bond donors (Lipinski definition) is 1. The molecule has 0 saturated carbocycles. The molecule has 4 nitrogen and oxygen atoms in total. The minimum atomic E-state index is -0.329. The summed E-state index contributed by atoms with van der Waals surface area (Å²) < 4.78 is 29.7. The Bertz CT molecular complexity index is 388. The number of halogens is 1. The van der Waals surface area contributed by atoms with Crippen LogP contribution in [0.2, 0.25) is 0 Å².